The third-order valence-corrected chi connectivity index (χ3v) is 2.19. The maximum Gasteiger partial charge on any atom is 0.196 e. The van der Waals surface area contributed by atoms with E-state index >= 15 is 0 Å². The number of aliphatic hydroxyl groups excluding tert-OH is 1. The fourth-order valence-electron chi connectivity index (χ4n) is 1.51. The van der Waals surface area contributed by atoms with Crippen molar-refractivity contribution in [3.63, 3.8) is 0 Å². The molecule has 80 valence electrons. The molecule has 0 saturated heterocycles. The van der Waals surface area contributed by atoms with Crippen molar-refractivity contribution in [2.24, 2.45) is 0 Å². The Kier molecular flexibility index (Phi) is 2.70. The van der Waals surface area contributed by atoms with Crippen LogP contribution in [-0.4, -0.2) is 16.7 Å². The van der Waals surface area contributed by atoms with Crippen LogP contribution in [0.2, 0.25) is 0 Å². The first-order valence-corrected chi connectivity index (χ1v) is 4.78. The second-order valence-corrected chi connectivity index (χ2v) is 3.26. The molecule has 0 spiro atoms. The van der Waals surface area contributed by atoms with E-state index in [0.717, 1.165) is 10.9 Å². The van der Waals surface area contributed by atoms with Gasteiger partial charge in [0, 0.05) is 17.5 Å². The van der Waals surface area contributed by atoms with Crippen molar-refractivity contribution >= 4 is 10.9 Å². The van der Waals surface area contributed by atoms with E-state index in [1.54, 1.807) is 19.1 Å². The Morgan fingerprint density at radius 1 is 1.47 bits per heavy atom. The molecule has 0 saturated carbocycles. The maximum atomic E-state index is 12.9. The van der Waals surface area contributed by atoms with Gasteiger partial charge in [-0.3, -0.25) is 0 Å². The largest absolute Gasteiger partial charge is 0.363 e. The summed E-state index contributed by atoms with van der Waals surface area (Å²) in [6.07, 6.45) is -0.981. The van der Waals surface area contributed by atoms with Crippen LogP contribution in [0.25, 0.3) is 10.9 Å². The van der Waals surface area contributed by atoms with Crippen LogP contribution in [0.1, 0.15) is 18.9 Å². The van der Waals surface area contributed by atoms with Crippen LogP contribution in [0.4, 0.5) is 4.39 Å². The van der Waals surface area contributed by atoms with E-state index in [-0.39, 0.29) is 5.82 Å². The predicted molar refractivity (Wildman–Crippen MR) is 54.8 cm³/mol. The fourth-order valence-corrected chi connectivity index (χ4v) is 1.51. The molecule has 0 aliphatic rings. The summed E-state index contributed by atoms with van der Waals surface area (Å²) in [4.78, 5) is 2.97. The molecule has 1 aromatic heterocycles. The van der Waals surface area contributed by atoms with Crippen molar-refractivity contribution in [3.05, 3.63) is 35.8 Å². The van der Waals surface area contributed by atoms with Gasteiger partial charge in [0.1, 0.15) is 5.82 Å². The zero-order valence-electron chi connectivity index (χ0n) is 8.33. The lowest BCUT2D eigenvalue weighted by molar-refractivity contribution is -0.100. The van der Waals surface area contributed by atoms with Crippen LogP contribution >= 0.6 is 0 Å². The number of aliphatic hydroxyl groups is 1. The highest BCUT2D eigenvalue weighted by Gasteiger charge is 2.10. The van der Waals surface area contributed by atoms with E-state index in [9.17, 15) is 9.50 Å². The van der Waals surface area contributed by atoms with E-state index in [1.807, 2.05) is 0 Å². The van der Waals surface area contributed by atoms with Gasteiger partial charge in [-0.25, -0.2) is 4.39 Å². The van der Waals surface area contributed by atoms with Crippen molar-refractivity contribution in [2.75, 3.05) is 6.61 Å². The molecule has 1 unspecified atom stereocenters. The first-order valence-electron chi connectivity index (χ1n) is 4.78. The van der Waals surface area contributed by atoms with Gasteiger partial charge in [0.05, 0.1) is 5.69 Å². The molecule has 3 nitrogen and oxygen atoms in total. The predicted octanol–water partition coefficient (Wildman–Crippen LogP) is 2.33. The Hall–Kier alpha value is -1.39. The number of halogens is 1. The van der Waals surface area contributed by atoms with Gasteiger partial charge in [0.25, 0.3) is 0 Å². The molecule has 0 bridgehead atoms. The smallest absolute Gasteiger partial charge is 0.196 e. The van der Waals surface area contributed by atoms with Crippen LogP contribution in [0.3, 0.4) is 0 Å². The summed E-state index contributed by atoms with van der Waals surface area (Å²) in [7, 11) is 0. The minimum Gasteiger partial charge on any atom is -0.363 e. The number of aromatic nitrogens is 1. The average molecular weight is 209 g/mol. The van der Waals surface area contributed by atoms with Crippen LogP contribution in [0, 0.1) is 5.82 Å². The number of hydrogen-bond acceptors (Lipinski definition) is 2. The van der Waals surface area contributed by atoms with Gasteiger partial charge in [-0.2, -0.15) is 0 Å². The molecule has 1 heterocycles. The molecule has 15 heavy (non-hydrogen) atoms. The van der Waals surface area contributed by atoms with Crippen molar-refractivity contribution in [2.45, 2.75) is 13.2 Å². The molecule has 4 heteroatoms. The number of rotatable bonds is 3. The Labute approximate surface area is 86.5 Å². The van der Waals surface area contributed by atoms with Gasteiger partial charge in [0.2, 0.25) is 0 Å². The number of benzene rings is 1. The summed E-state index contributed by atoms with van der Waals surface area (Å²) in [6, 6.07) is 6.09. The number of nitrogens with one attached hydrogen (secondary N) is 1. The summed E-state index contributed by atoms with van der Waals surface area (Å²) in [5.74, 6) is -0.293. The quantitative estimate of drug-likeness (QED) is 0.762. The zero-order chi connectivity index (χ0) is 10.8. The van der Waals surface area contributed by atoms with Crippen LogP contribution in [-0.2, 0) is 4.74 Å². The molecule has 1 aromatic carbocycles. The summed E-state index contributed by atoms with van der Waals surface area (Å²) in [5.41, 5.74) is 1.32. The maximum absolute atomic E-state index is 12.9. The van der Waals surface area contributed by atoms with E-state index in [2.05, 4.69) is 4.98 Å². The van der Waals surface area contributed by atoms with Crippen molar-refractivity contribution in [1.82, 2.24) is 4.98 Å². The number of fused-ring (bicyclic) bond motifs is 1. The Balaban J connectivity index is 2.38. The highest BCUT2D eigenvalue weighted by molar-refractivity contribution is 5.80. The summed E-state index contributed by atoms with van der Waals surface area (Å²) < 4.78 is 17.9. The molecule has 0 fully saturated rings. The third-order valence-electron chi connectivity index (χ3n) is 2.19. The lowest BCUT2D eigenvalue weighted by Crippen LogP contribution is -2.02. The van der Waals surface area contributed by atoms with Crippen LogP contribution in [0.5, 0.6) is 0 Å². The van der Waals surface area contributed by atoms with Gasteiger partial charge < -0.3 is 14.8 Å². The van der Waals surface area contributed by atoms with Crippen molar-refractivity contribution in [1.29, 1.82) is 0 Å². The molecular formula is C11H12FNO2. The van der Waals surface area contributed by atoms with E-state index < -0.39 is 6.29 Å². The van der Waals surface area contributed by atoms with Gasteiger partial charge in [-0.05, 0) is 31.2 Å². The topological polar surface area (TPSA) is 45.2 Å². The zero-order valence-corrected chi connectivity index (χ0v) is 8.33. The summed E-state index contributed by atoms with van der Waals surface area (Å²) >= 11 is 0. The number of H-pyrrole nitrogens is 1. The second kappa shape index (κ2) is 4.00. The lowest BCUT2D eigenvalue weighted by Gasteiger charge is -2.07. The SMILES string of the molecule is CCOC(O)c1cc2cc(F)ccc2[nH]1. The molecule has 1 atom stereocenters. The fraction of sp³-hybridized carbons (Fsp3) is 0.273. The second-order valence-electron chi connectivity index (χ2n) is 3.26. The molecule has 0 radical (unpaired) electrons. The van der Waals surface area contributed by atoms with Gasteiger partial charge in [-0.1, -0.05) is 0 Å². The third kappa shape index (κ3) is 2.00. The highest BCUT2D eigenvalue weighted by Crippen LogP contribution is 2.21. The normalized spacial score (nSPS) is 13.3. The molecule has 0 aliphatic carbocycles. The first-order chi connectivity index (χ1) is 7.20. The number of ether oxygens (including phenoxy) is 1. The van der Waals surface area contributed by atoms with E-state index in [0.29, 0.717) is 12.3 Å². The minimum atomic E-state index is -0.981. The highest BCUT2D eigenvalue weighted by atomic mass is 19.1. The van der Waals surface area contributed by atoms with Gasteiger partial charge in [-0.15, -0.1) is 0 Å². The molecule has 2 rings (SSSR count). The van der Waals surface area contributed by atoms with E-state index in [4.69, 9.17) is 4.74 Å². The monoisotopic (exact) mass is 209 g/mol. The summed E-state index contributed by atoms with van der Waals surface area (Å²) in [6.45, 7) is 2.22. The summed E-state index contributed by atoms with van der Waals surface area (Å²) in [5, 5.41) is 10.3. The van der Waals surface area contributed by atoms with Crippen LogP contribution < -0.4 is 0 Å². The molecule has 2 aromatic rings. The molecular weight excluding hydrogens is 197 g/mol. The number of aromatic amines is 1. The molecule has 0 amide bonds. The van der Waals surface area contributed by atoms with Crippen LogP contribution in [0.15, 0.2) is 24.3 Å². The minimum absolute atomic E-state index is 0.293. The lowest BCUT2D eigenvalue weighted by atomic mass is 10.2. The van der Waals surface area contributed by atoms with Gasteiger partial charge >= 0.3 is 0 Å². The standard InChI is InChI=1S/C11H12FNO2/c1-2-15-11(14)10-6-7-5-8(12)3-4-9(7)13-10/h3-6,11,13-14H,2H2,1H3. The first kappa shape index (κ1) is 10.1. The molecule has 2 N–H and O–H groups in total. The Morgan fingerprint density at radius 2 is 2.27 bits per heavy atom. The Bertz CT molecular complexity index is 467. The Morgan fingerprint density at radius 3 is 3.00 bits per heavy atom. The van der Waals surface area contributed by atoms with E-state index in [1.165, 1.54) is 12.1 Å². The van der Waals surface area contributed by atoms with Crippen molar-refractivity contribution in [3.8, 4) is 0 Å². The number of hydrogen-bond donors (Lipinski definition) is 2. The van der Waals surface area contributed by atoms with Gasteiger partial charge in [0.15, 0.2) is 6.29 Å². The average Bonchev–Trinajstić information content (AvgIpc) is 2.60. The van der Waals surface area contributed by atoms with Crippen molar-refractivity contribution < 1.29 is 14.2 Å². The molecule has 0 aliphatic heterocycles.